The second-order valence-corrected chi connectivity index (χ2v) is 7.60. The molecule has 6 nitrogen and oxygen atoms in total. The number of hydrogen-bond acceptors (Lipinski definition) is 3. The molecule has 1 aromatic heterocycles. The van der Waals surface area contributed by atoms with Crippen LogP contribution in [0, 0.1) is 13.8 Å². The Bertz CT molecular complexity index is 1110. The predicted molar refractivity (Wildman–Crippen MR) is 119 cm³/mol. The molecule has 0 aliphatic carbocycles. The Balaban J connectivity index is 1.98. The molecular formula is C24H27N3O3. The molecule has 1 heterocycles. The van der Waals surface area contributed by atoms with Gasteiger partial charge in [0, 0.05) is 22.6 Å². The highest BCUT2D eigenvalue weighted by Gasteiger charge is 2.19. The van der Waals surface area contributed by atoms with Crippen molar-refractivity contribution in [1.82, 2.24) is 4.57 Å². The van der Waals surface area contributed by atoms with Gasteiger partial charge in [0.25, 0.3) is 5.91 Å². The summed E-state index contributed by atoms with van der Waals surface area (Å²) in [5, 5.41) is 2.85. The number of carbonyl (C=O) groups excluding carboxylic acids is 2. The Kier molecular flexibility index (Phi) is 5.96. The lowest BCUT2D eigenvalue weighted by atomic mass is 10.0. The van der Waals surface area contributed by atoms with E-state index in [1.54, 1.807) is 12.1 Å². The minimum Gasteiger partial charge on any atom is -0.495 e. The summed E-state index contributed by atoms with van der Waals surface area (Å²) >= 11 is 0. The van der Waals surface area contributed by atoms with Gasteiger partial charge < -0.3 is 20.4 Å². The molecule has 30 heavy (non-hydrogen) atoms. The number of anilines is 1. The largest absolute Gasteiger partial charge is 0.495 e. The molecule has 0 unspecified atom stereocenters. The SMILES string of the molecule is COc1ccc(C(N)=O)cc1NC(=O)c1cc(C)n(-c2cccc(C(C)C)c2)c1C. The molecule has 0 spiro atoms. The molecule has 3 rings (SSSR count). The van der Waals surface area contributed by atoms with E-state index in [4.69, 9.17) is 10.5 Å². The summed E-state index contributed by atoms with van der Waals surface area (Å²) in [5.74, 6) is 0.00586. The number of methoxy groups -OCH3 is 1. The van der Waals surface area contributed by atoms with E-state index in [0.717, 1.165) is 17.1 Å². The molecule has 6 heteroatoms. The summed E-state index contributed by atoms with van der Waals surface area (Å²) in [6.07, 6.45) is 0. The van der Waals surface area contributed by atoms with Crippen LogP contribution >= 0.6 is 0 Å². The van der Waals surface area contributed by atoms with E-state index >= 15 is 0 Å². The summed E-state index contributed by atoms with van der Waals surface area (Å²) < 4.78 is 7.38. The zero-order chi connectivity index (χ0) is 22.0. The number of nitrogens with two attached hydrogens (primary N) is 1. The van der Waals surface area contributed by atoms with Gasteiger partial charge in [0.1, 0.15) is 5.75 Å². The highest BCUT2D eigenvalue weighted by atomic mass is 16.5. The van der Waals surface area contributed by atoms with Gasteiger partial charge in [-0.3, -0.25) is 9.59 Å². The van der Waals surface area contributed by atoms with Gasteiger partial charge in [-0.05, 0) is 61.7 Å². The van der Waals surface area contributed by atoms with E-state index < -0.39 is 5.91 Å². The molecule has 3 aromatic rings. The average Bonchev–Trinajstić information content (AvgIpc) is 3.02. The first-order valence-corrected chi connectivity index (χ1v) is 9.81. The van der Waals surface area contributed by atoms with Crippen LogP contribution in [0.25, 0.3) is 5.69 Å². The molecule has 0 bridgehead atoms. The number of hydrogen-bond donors (Lipinski definition) is 2. The van der Waals surface area contributed by atoms with Crippen LogP contribution in [-0.2, 0) is 0 Å². The van der Waals surface area contributed by atoms with E-state index in [0.29, 0.717) is 28.5 Å². The van der Waals surface area contributed by atoms with Crippen molar-refractivity contribution >= 4 is 17.5 Å². The number of nitrogens with zero attached hydrogens (tertiary/aromatic N) is 1. The quantitative estimate of drug-likeness (QED) is 0.629. The fraction of sp³-hybridized carbons (Fsp3) is 0.250. The summed E-state index contributed by atoms with van der Waals surface area (Å²) in [7, 11) is 1.50. The van der Waals surface area contributed by atoms with Crippen molar-refractivity contribution in [2.24, 2.45) is 5.73 Å². The van der Waals surface area contributed by atoms with E-state index in [2.05, 4.69) is 35.9 Å². The maximum absolute atomic E-state index is 13.1. The summed E-state index contributed by atoms with van der Waals surface area (Å²) in [6, 6.07) is 14.9. The van der Waals surface area contributed by atoms with Gasteiger partial charge >= 0.3 is 0 Å². The van der Waals surface area contributed by atoms with Crippen LogP contribution in [0.2, 0.25) is 0 Å². The third-order valence-electron chi connectivity index (χ3n) is 5.20. The lowest BCUT2D eigenvalue weighted by molar-refractivity contribution is 0.0996. The number of ether oxygens (including phenoxy) is 1. The van der Waals surface area contributed by atoms with Gasteiger partial charge in [0.15, 0.2) is 0 Å². The van der Waals surface area contributed by atoms with Crippen LogP contribution in [0.1, 0.15) is 57.4 Å². The highest BCUT2D eigenvalue weighted by Crippen LogP contribution is 2.28. The van der Waals surface area contributed by atoms with Gasteiger partial charge in [0.2, 0.25) is 5.91 Å². The maximum atomic E-state index is 13.1. The minimum atomic E-state index is -0.573. The Morgan fingerprint density at radius 3 is 2.43 bits per heavy atom. The number of nitrogens with one attached hydrogen (secondary N) is 1. The Morgan fingerprint density at radius 2 is 1.80 bits per heavy atom. The van der Waals surface area contributed by atoms with Gasteiger partial charge in [0.05, 0.1) is 18.4 Å². The Morgan fingerprint density at radius 1 is 1.07 bits per heavy atom. The van der Waals surface area contributed by atoms with Gasteiger partial charge in [-0.25, -0.2) is 0 Å². The van der Waals surface area contributed by atoms with Crippen LogP contribution in [0.3, 0.4) is 0 Å². The van der Waals surface area contributed by atoms with Crippen molar-refractivity contribution in [2.75, 3.05) is 12.4 Å². The third kappa shape index (κ3) is 4.08. The molecule has 0 atom stereocenters. The number of aromatic nitrogens is 1. The first kappa shape index (κ1) is 21.2. The van der Waals surface area contributed by atoms with Crippen molar-refractivity contribution in [2.45, 2.75) is 33.6 Å². The van der Waals surface area contributed by atoms with Crippen LogP contribution in [0.5, 0.6) is 5.75 Å². The Labute approximate surface area is 176 Å². The van der Waals surface area contributed by atoms with Crippen LogP contribution < -0.4 is 15.8 Å². The summed E-state index contributed by atoms with van der Waals surface area (Å²) in [4.78, 5) is 24.6. The maximum Gasteiger partial charge on any atom is 0.257 e. The molecule has 0 saturated carbocycles. The van der Waals surface area contributed by atoms with Gasteiger partial charge in [-0.2, -0.15) is 0 Å². The standard InChI is InChI=1S/C24H27N3O3/c1-14(2)17-7-6-8-19(12-17)27-15(3)11-20(16(27)4)24(29)26-21-13-18(23(25)28)9-10-22(21)30-5/h6-14H,1-5H3,(H2,25,28)(H,26,29). The molecule has 0 saturated heterocycles. The second kappa shape index (κ2) is 8.45. The molecule has 3 N–H and O–H groups in total. The monoisotopic (exact) mass is 405 g/mol. The van der Waals surface area contributed by atoms with Gasteiger partial charge in [-0.1, -0.05) is 26.0 Å². The smallest absolute Gasteiger partial charge is 0.257 e. The zero-order valence-electron chi connectivity index (χ0n) is 17.9. The highest BCUT2D eigenvalue weighted by molar-refractivity contribution is 6.07. The number of rotatable bonds is 6. The third-order valence-corrected chi connectivity index (χ3v) is 5.20. The summed E-state index contributed by atoms with van der Waals surface area (Å²) in [6.45, 7) is 8.20. The van der Waals surface area contributed by atoms with Gasteiger partial charge in [-0.15, -0.1) is 0 Å². The molecule has 0 radical (unpaired) electrons. The van der Waals surface area contributed by atoms with E-state index in [1.165, 1.54) is 18.7 Å². The molecule has 2 amide bonds. The number of amides is 2. The average molecular weight is 405 g/mol. The van der Waals surface area contributed by atoms with Crippen molar-refractivity contribution in [3.05, 3.63) is 76.6 Å². The predicted octanol–water partition coefficient (Wildman–Crippen LogP) is 4.58. The second-order valence-electron chi connectivity index (χ2n) is 7.60. The number of carbonyl (C=O) groups is 2. The topological polar surface area (TPSA) is 86.3 Å². The van der Waals surface area contributed by atoms with Crippen molar-refractivity contribution < 1.29 is 14.3 Å². The molecule has 2 aromatic carbocycles. The lowest BCUT2D eigenvalue weighted by Gasteiger charge is -2.14. The molecule has 0 aliphatic rings. The minimum absolute atomic E-state index is 0.283. The van der Waals surface area contributed by atoms with Crippen LogP contribution in [0.15, 0.2) is 48.5 Å². The van der Waals surface area contributed by atoms with Crippen LogP contribution in [-0.4, -0.2) is 23.5 Å². The fourth-order valence-electron chi connectivity index (χ4n) is 3.56. The molecule has 0 aliphatic heterocycles. The first-order valence-electron chi connectivity index (χ1n) is 9.81. The van der Waals surface area contributed by atoms with E-state index in [9.17, 15) is 9.59 Å². The Hall–Kier alpha value is -3.54. The van der Waals surface area contributed by atoms with E-state index in [-0.39, 0.29) is 5.91 Å². The fourth-order valence-corrected chi connectivity index (χ4v) is 3.56. The first-order chi connectivity index (χ1) is 14.2. The van der Waals surface area contributed by atoms with Crippen molar-refractivity contribution in [1.29, 1.82) is 0 Å². The number of primary amides is 1. The molecular weight excluding hydrogens is 378 g/mol. The van der Waals surface area contributed by atoms with Crippen molar-refractivity contribution in [3.63, 3.8) is 0 Å². The van der Waals surface area contributed by atoms with Crippen LogP contribution in [0.4, 0.5) is 5.69 Å². The molecule has 156 valence electrons. The normalized spacial score (nSPS) is 10.9. The molecule has 0 fully saturated rings. The number of benzene rings is 2. The van der Waals surface area contributed by atoms with E-state index in [1.807, 2.05) is 32.0 Å². The lowest BCUT2D eigenvalue weighted by Crippen LogP contribution is -2.16. The zero-order valence-corrected chi connectivity index (χ0v) is 17.9. The van der Waals surface area contributed by atoms with Crippen molar-refractivity contribution in [3.8, 4) is 11.4 Å². The number of aryl methyl sites for hydroxylation is 1. The summed E-state index contributed by atoms with van der Waals surface area (Å²) in [5.41, 5.74) is 10.6.